The molecule has 1 aliphatic heterocycles. The number of rotatable bonds is 5. The van der Waals surface area contributed by atoms with Gasteiger partial charge in [-0.05, 0) is 26.8 Å². The second-order valence-electron chi connectivity index (χ2n) is 8.39. The summed E-state index contributed by atoms with van der Waals surface area (Å²) in [6, 6.07) is 9.47. The Hall–Kier alpha value is -2.93. The molecule has 1 saturated heterocycles. The smallest absolute Gasteiger partial charge is 0.275 e. The van der Waals surface area contributed by atoms with E-state index in [1.807, 2.05) is 31.2 Å². The first-order valence-electron chi connectivity index (χ1n) is 10.8. The molecule has 0 spiro atoms. The molecule has 0 saturated carbocycles. The Bertz CT molecular complexity index is 1510. The molecule has 0 N–H and O–H groups in total. The summed E-state index contributed by atoms with van der Waals surface area (Å²) in [5.41, 5.74) is 2.86. The Morgan fingerprint density at radius 3 is 2.53 bits per heavy atom. The van der Waals surface area contributed by atoms with Gasteiger partial charge in [-0.15, -0.1) is 0 Å². The molecule has 0 radical (unpaired) electrons. The Balaban J connectivity index is 1.31. The molecule has 0 bridgehead atoms. The molecule has 0 unspecified atom stereocenters. The lowest BCUT2D eigenvalue weighted by Crippen LogP contribution is -2.48. The van der Waals surface area contributed by atoms with E-state index in [1.165, 1.54) is 26.2 Å². The lowest BCUT2D eigenvalue weighted by Gasteiger charge is -2.33. The van der Waals surface area contributed by atoms with E-state index < -0.39 is 10.0 Å². The molecule has 10 nitrogen and oxygen atoms in total. The van der Waals surface area contributed by atoms with Crippen LogP contribution in [0.1, 0.15) is 22.7 Å². The summed E-state index contributed by atoms with van der Waals surface area (Å²) in [6.07, 6.45) is 0. The van der Waals surface area contributed by atoms with Crippen molar-refractivity contribution in [3.05, 3.63) is 63.4 Å². The summed E-state index contributed by atoms with van der Waals surface area (Å²) in [5, 5.41) is 8.96. The van der Waals surface area contributed by atoms with Crippen LogP contribution in [0.15, 0.2) is 44.5 Å². The first-order valence-corrected chi connectivity index (χ1v) is 13.1. The van der Waals surface area contributed by atoms with Crippen LogP contribution in [0.5, 0.6) is 0 Å². The van der Waals surface area contributed by atoms with Crippen LogP contribution in [0.2, 0.25) is 0 Å². The number of piperazine rings is 1. The van der Waals surface area contributed by atoms with E-state index >= 15 is 0 Å². The number of hydrogen-bond acceptors (Lipinski definition) is 9. The first-order chi connectivity index (χ1) is 16.2. The lowest BCUT2D eigenvalue weighted by molar-refractivity contribution is 0.180. The van der Waals surface area contributed by atoms with Crippen molar-refractivity contribution in [2.45, 2.75) is 32.2 Å². The van der Waals surface area contributed by atoms with Gasteiger partial charge < -0.3 is 4.52 Å². The van der Waals surface area contributed by atoms with Gasteiger partial charge in [0.1, 0.15) is 15.6 Å². The van der Waals surface area contributed by atoms with E-state index in [0.717, 1.165) is 16.1 Å². The minimum absolute atomic E-state index is 0.149. The molecule has 1 fully saturated rings. The molecule has 4 aromatic rings. The molecule has 4 heterocycles. The van der Waals surface area contributed by atoms with Crippen LogP contribution in [0, 0.1) is 20.8 Å². The van der Waals surface area contributed by atoms with E-state index in [1.54, 1.807) is 13.8 Å². The second kappa shape index (κ2) is 8.69. The van der Waals surface area contributed by atoms with Gasteiger partial charge in [0.25, 0.3) is 5.56 Å². The summed E-state index contributed by atoms with van der Waals surface area (Å²) >= 11 is 1.37. The molecule has 1 aliphatic rings. The molecule has 0 atom stereocenters. The van der Waals surface area contributed by atoms with Crippen LogP contribution in [0.25, 0.3) is 15.5 Å². The van der Waals surface area contributed by atoms with Crippen LogP contribution >= 0.6 is 11.3 Å². The summed E-state index contributed by atoms with van der Waals surface area (Å²) in [7, 11) is -3.66. The van der Waals surface area contributed by atoms with E-state index in [4.69, 9.17) is 4.52 Å². The quantitative estimate of drug-likeness (QED) is 0.410. The lowest BCUT2D eigenvalue weighted by atomic mass is 10.1. The number of sulfonamides is 1. The van der Waals surface area contributed by atoms with Crippen molar-refractivity contribution in [3.8, 4) is 10.6 Å². The standard InChI is InChI=1S/C22H24N6O4S2/c1-14-5-4-6-17(11-14)21-24-28-19(29)12-18(23-22(28)33-21)13-26-7-9-27(10-8-26)34(30,31)20-15(2)25-32-16(20)3/h4-6,11-12H,7-10,13H2,1-3H3. The maximum Gasteiger partial charge on any atom is 0.275 e. The number of fused-ring (bicyclic) bond motifs is 1. The topological polar surface area (TPSA) is 114 Å². The SMILES string of the molecule is Cc1cccc(-c2nn3c(=O)cc(CN4CCN(S(=O)(=O)c5c(C)noc5C)CC4)nc3s2)c1. The average molecular weight is 501 g/mol. The zero-order chi connectivity index (χ0) is 24.0. The number of aromatic nitrogens is 4. The summed E-state index contributed by atoms with van der Waals surface area (Å²) in [4.78, 5) is 20.1. The van der Waals surface area contributed by atoms with Crippen molar-refractivity contribution in [3.63, 3.8) is 0 Å². The fourth-order valence-corrected chi connectivity index (χ4v) is 6.79. The van der Waals surface area contributed by atoms with Crippen LogP contribution in [-0.4, -0.2) is 63.6 Å². The summed E-state index contributed by atoms with van der Waals surface area (Å²) in [6.45, 7) is 7.44. The summed E-state index contributed by atoms with van der Waals surface area (Å²) in [5.74, 6) is 0.299. The number of hydrogen-bond donors (Lipinski definition) is 0. The third kappa shape index (κ3) is 4.17. The third-order valence-electron chi connectivity index (χ3n) is 5.85. The highest BCUT2D eigenvalue weighted by Gasteiger charge is 2.33. The molecular formula is C22H24N6O4S2. The van der Waals surface area contributed by atoms with Crippen molar-refractivity contribution >= 4 is 26.3 Å². The van der Waals surface area contributed by atoms with E-state index in [2.05, 4.69) is 20.1 Å². The Morgan fingerprint density at radius 2 is 1.85 bits per heavy atom. The Morgan fingerprint density at radius 1 is 1.09 bits per heavy atom. The molecule has 34 heavy (non-hydrogen) atoms. The van der Waals surface area contributed by atoms with Crippen LogP contribution in [-0.2, 0) is 16.6 Å². The van der Waals surface area contributed by atoms with Gasteiger partial charge in [0.2, 0.25) is 15.0 Å². The van der Waals surface area contributed by atoms with Gasteiger partial charge >= 0.3 is 0 Å². The molecule has 12 heteroatoms. The number of aryl methyl sites for hydroxylation is 3. The van der Waals surface area contributed by atoms with Crippen LogP contribution < -0.4 is 5.56 Å². The van der Waals surface area contributed by atoms with Gasteiger partial charge in [-0.1, -0.05) is 40.3 Å². The average Bonchev–Trinajstić information content (AvgIpc) is 3.38. The maximum absolute atomic E-state index is 13.0. The van der Waals surface area contributed by atoms with Crippen LogP contribution in [0.4, 0.5) is 0 Å². The summed E-state index contributed by atoms with van der Waals surface area (Å²) < 4.78 is 33.9. The highest BCUT2D eigenvalue weighted by molar-refractivity contribution is 7.89. The molecule has 3 aromatic heterocycles. The van der Waals surface area contributed by atoms with Crippen LogP contribution in [0.3, 0.4) is 0 Å². The van der Waals surface area contributed by atoms with Gasteiger partial charge in [-0.25, -0.2) is 13.4 Å². The zero-order valence-corrected chi connectivity index (χ0v) is 20.7. The van der Waals surface area contributed by atoms with Gasteiger partial charge in [0, 0.05) is 44.4 Å². The zero-order valence-electron chi connectivity index (χ0n) is 19.1. The maximum atomic E-state index is 13.0. The van der Waals surface area contributed by atoms with E-state index in [0.29, 0.717) is 54.8 Å². The van der Waals surface area contributed by atoms with Gasteiger partial charge in [0.05, 0.1) is 5.69 Å². The predicted octanol–water partition coefficient (Wildman–Crippen LogP) is 2.24. The highest BCUT2D eigenvalue weighted by atomic mass is 32.2. The van der Waals surface area contributed by atoms with Crippen molar-refractivity contribution in [2.75, 3.05) is 26.2 Å². The molecule has 1 aromatic carbocycles. The second-order valence-corrected chi connectivity index (χ2v) is 11.2. The Kier molecular flexibility index (Phi) is 5.84. The minimum Gasteiger partial charge on any atom is -0.360 e. The van der Waals surface area contributed by atoms with Crippen molar-refractivity contribution in [1.29, 1.82) is 0 Å². The molecule has 178 valence electrons. The van der Waals surface area contributed by atoms with Gasteiger partial charge in [-0.3, -0.25) is 9.69 Å². The fourth-order valence-electron chi connectivity index (χ4n) is 4.16. The monoisotopic (exact) mass is 500 g/mol. The molecule has 0 aliphatic carbocycles. The predicted molar refractivity (Wildman–Crippen MR) is 127 cm³/mol. The highest BCUT2D eigenvalue weighted by Crippen LogP contribution is 2.26. The van der Waals surface area contributed by atoms with E-state index in [9.17, 15) is 13.2 Å². The fraction of sp³-hybridized carbons (Fsp3) is 0.364. The third-order valence-corrected chi connectivity index (χ3v) is 8.95. The Labute approximate surface area is 200 Å². The molecule has 5 rings (SSSR count). The van der Waals surface area contributed by atoms with Gasteiger partial charge in [-0.2, -0.15) is 13.9 Å². The van der Waals surface area contributed by atoms with E-state index in [-0.39, 0.29) is 10.5 Å². The normalized spacial score (nSPS) is 15.9. The van der Waals surface area contributed by atoms with Crippen molar-refractivity contribution < 1.29 is 12.9 Å². The first kappa shape index (κ1) is 22.8. The van der Waals surface area contributed by atoms with Crippen molar-refractivity contribution in [1.82, 2.24) is 29.0 Å². The molecular weight excluding hydrogens is 476 g/mol. The molecule has 0 amide bonds. The minimum atomic E-state index is -3.66. The van der Waals surface area contributed by atoms with Crippen molar-refractivity contribution in [2.24, 2.45) is 0 Å². The number of nitrogens with zero attached hydrogens (tertiary/aromatic N) is 6. The van der Waals surface area contributed by atoms with Gasteiger partial charge in [0.15, 0.2) is 5.76 Å². The largest absolute Gasteiger partial charge is 0.360 e. The number of benzene rings is 1.